The monoisotopic (exact) mass is 286 g/mol. The first-order chi connectivity index (χ1) is 8.43. The highest BCUT2D eigenvalue weighted by Crippen LogP contribution is 2.44. The second-order valence-electron chi connectivity index (χ2n) is 4.54. The average molecular weight is 286 g/mol. The molecule has 0 spiro atoms. The highest BCUT2D eigenvalue weighted by molar-refractivity contribution is 8.55. The Bertz CT molecular complexity index is 334. The van der Waals surface area contributed by atoms with Gasteiger partial charge in [-0.05, 0) is 57.6 Å². The maximum atomic E-state index is 9.94. The van der Waals surface area contributed by atoms with Crippen LogP contribution in [0.5, 0.6) is 0 Å². The smallest absolute Gasteiger partial charge is 0.0840 e. The molecule has 0 aliphatic carbocycles. The Hall–Kier alpha value is -0.0400. The summed E-state index contributed by atoms with van der Waals surface area (Å²) < 4.78 is 0. The molecular weight excluding hydrogens is 259 g/mol. The SMILES string of the molecule is CC.CSP(C)CCc1cccc(C(C)(C)O)c1. The summed E-state index contributed by atoms with van der Waals surface area (Å²) >= 11 is 1.97. The van der Waals surface area contributed by atoms with E-state index in [2.05, 4.69) is 25.1 Å². The minimum absolute atomic E-state index is 0.114. The summed E-state index contributed by atoms with van der Waals surface area (Å²) in [6, 6.07) is 8.31. The molecule has 1 nitrogen and oxygen atoms in total. The molecule has 1 aromatic carbocycles. The molecule has 1 N–H and O–H groups in total. The predicted molar refractivity (Wildman–Crippen MR) is 88.0 cm³/mol. The van der Waals surface area contributed by atoms with Crippen LogP contribution >= 0.6 is 18.5 Å². The van der Waals surface area contributed by atoms with Gasteiger partial charge >= 0.3 is 0 Å². The first-order valence-electron chi connectivity index (χ1n) is 6.50. The Morgan fingerprint density at radius 3 is 2.39 bits per heavy atom. The third-order valence-corrected chi connectivity index (χ3v) is 6.55. The third kappa shape index (κ3) is 6.78. The molecule has 1 rings (SSSR count). The largest absolute Gasteiger partial charge is 0.386 e. The van der Waals surface area contributed by atoms with Gasteiger partial charge in [-0.3, -0.25) is 0 Å². The van der Waals surface area contributed by atoms with E-state index in [1.807, 2.05) is 51.2 Å². The quantitative estimate of drug-likeness (QED) is 0.779. The Balaban J connectivity index is 0.00000137. The van der Waals surface area contributed by atoms with E-state index >= 15 is 0 Å². The summed E-state index contributed by atoms with van der Waals surface area (Å²) in [5, 5.41) is 9.94. The molecule has 0 aliphatic rings. The van der Waals surface area contributed by atoms with Crippen molar-refractivity contribution in [2.24, 2.45) is 0 Å². The summed E-state index contributed by atoms with van der Waals surface area (Å²) in [7, 11) is 0.114. The lowest BCUT2D eigenvalue weighted by Gasteiger charge is -2.18. The number of rotatable bonds is 5. The lowest BCUT2D eigenvalue weighted by atomic mass is 9.96. The van der Waals surface area contributed by atoms with Crippen molar-refractivity contribution in [1.82, 2.24) is 0 Å². The Morgan fingerprint density at radius 2 is 1.89 bits per heavy atom. The van der Waals surface area contributed by atoms with Crippen LogP contribution in [0.15, 0.2) is 24.3 Å². The average Bonchev–Trinajstić information content (AvgIpc) is 2.37. The molecule has 3 heteroatoms. The zero-order chi connectivity index (χ0) is 14.2. The van der Waals surface area contributed by atoms with Crippen LogP contribution in [0.3, 0.4) is 0 Å². The molecule has 0 aromatic heterocycles. The maximum absolute atomic E-state index is 9.94. The third-order valence-electron chi connectivity index (χ3n) is 2.66. The molecule has 0 amide bonds. The van der Waals surface area contributed by atoms with Crippen LogP contribution in [-0.4, -0.2) is 24.2 Å². The molecular formula is C15H27OPS. The van der Waals surface area contributed by atoms with Gasteiger partial charge in [-0.2, -0.15) is 0 Å². The van der Waals surface area contributed by atoms with Crippen molar-refractivity contribution in [2.75, 3.05) is 19.1 Å². The van der Waals surface area contributed by atoms with E-state index in [0.29, 0.717) is 0 Å². The van der Waals surface area contributed by atoms with Gasteiger partial charge in [-0.25, -0.2) is 0 Å². The molecule has 1 aromatic rings. The fourth-order valence-electron chi connectivity index (χ4n) is 1.49. The van der Waals surface area contributed by atoms with Crippen LogP contribution in [-0.2, 0) is 12.0 Å². The fourth-order valence-corrected chi connectivity index (χ4v) is 3.06. The Kier molecular flexibility index (Phi) is 8.94. The Morgan fingerprint density at radius 1 is 1.28 bits per heavy atom. The summed E-state index contributed by atoms with van der Waals surface area (Å²) in [6.45, 7) is 9.99. The van der Waals surface area contributed by atoms with Crippen molar-refractivity contribution in [2.45, 2.75) is 39.7 Å². The number of aliphatic hydroxyl groups is 1. The highest BCUT2D eigenvalue weighted by atomic mass is 32.7. The zero-order valence-electron chi connectivity index (χ0n) is 12.5. The second-order valence-corrected chi connectivity index (χ2v) is 9.58. The van der Waals surface area contributed by atoms with Crippen LogP contribution in [0.1, 0.15) is 38.8 Å². The van der Waals surface area contributed by atoms with Crippen molar-refractivity contribution < 1.29 is 5.11 Å². The first-order valence-corrected chi connectivity index (χ1v) is 10.3. The molecule has 0 bridgehead atoms. The molecule has 0 fully saturated rings. The summed E-state index contributed by atoms with van der Waals surface area (Å²) in [6.07, 6.45) is 4.55. The highest BCUT2D eigenvalue weighted by Gasteiger charge is 2.15. The van der Waals surface area contributed by atoms with Crippen LogP contribution in [0.4, 0.5) is 0 Å². The van der Waals surface area contributed by atoms with Crippen molar-refractivity contribution in [3.05, 3.63) is 35.4 Å². The van der Waals surface area contributed by atoms with Crippen molar-refractivity contribution in [3.8, 4) is 0 Å². The molecule has 104 valence electrons. The van der Waals surface area contributed by atoms with Gasteiger partial charge in [0, 0.05) is 0 Å². The van der Waals surface area contributed by atoms with Gasteiger partial charge in [-0.1, -0.05) is 38.1 Å². The van der Waals surface area contributed by atoms with Crippen molar-refractivity contribution in [3.63, 3.8) is 0 Å². The Labute approximate surface area is 118 Å². The lowest BCUT2D eigenvalue weighted by Crippen LogP contribution is -2.15. The van der Waals surface area contributed by atoms with Crippen LogP contribution < -0.4 is 0 Å². The molecule has 1 unspecified atom stereocenters. The van der Waals surface area contributed by atoms with Gasteiger partial charge in [0.1, 0.15) is 0 Å². The molecule has 1 atom stereocenters. The van der Waals surface area contributed by atoms with Gasteiger partial charge in [0.05, 0.1) is 5.60 Å². The first kappa shape index (κ1) is 18.0. The lowest BCUT2D eigenvalue weighted by molar-refractivity contribution is 0.0785. The summed E-state index contributed by atoms with van der Waals surface area (Å²) in [5.74, 6) is 0. The van der Waals surface area contributed by atoms with E-state index in [9.17, 15) is 5.11 Å². The number of hydrogen-bond acceptors (Lipinski definition) is 2. The van der Waals surface area contributed by atoms with E-state index in [4.69, 9.17) is 0 Å². The molecule has 0 aliphatic heterocycles. The summed E-state index contributed by atoms with van der Waals surface area (Å²) in [4.78, 5) is 0. The number of aryl methyl sites for hydroxylation is 1. The van der Waals surface area contributed by atoms with Gasteiger partial charge in [0.15, 0.2) is 0 Å². The van der Waals surface area contributed by atoms with Crippen LogP contribution in [0.25, 0.3) is 0 Å². The standard InChI is InChI=1S/C13H21OPS.C2H6/c1-13(2,14)12-7-5-6-11(10-12)8-9-15(3)16-4;1-2/h5-7,10,14H,8-9H2,1-4H3;1-2H3. The molecule has 0 saturated heterocycles. The van der Waals surface area contributed by atoms with E-state index < -0.39 is 5.60 Å². The van der Waals surface area contributed by atoms with E-state index in [0.717, 1.165) is 12.0 Å². The molecule has 18 heavy (non-hydrogen) atoms. The van der Waals surface area contributed by atoms with Crippen molar-refractivity contribution in [1.29, 1.82) is 0 Å². The normalized spacial score (nSPS) is 12.6. The minimum Gasteiger partial charge on any atom is -0.386 e. The number of hydrogen-bond donors (Lipinski definition) is 1. The topological polar surface area (TPSA) is 20.2 Å². The predicted octanol–water partition coefficient (Wildman–Crippen LogP) is 4.87. The van der Waals surface area contributed by atoms with E-state index in [1.54, 1.807) is 0 Å². The second kappa shape index (κ2) is 8.96. The number of benzene rings is 1. The van der Waals surface area contributed by atoms with Gasteiger partial charge in [0.2, 0.25) is 0 Å². The van der Waals surface area contributed by atoms with Crippen LogP contribution in [0, 0.1) is 0 Å². The molecule has 0 saturated carbocycles. The van der Waals surface area contributed by atoms with Gasteiger partial charge in [-0.15, -0.1) is 11.4 Å². The fraction of sp³-hybridized carbons (Fsp3) is 0.600. The van der Waals surface area contributed by atoms with E-state index in [1.165, 1.54) is 11.7 Å². The molecule has 0 radical (unpaired) electrons. The van der Waals surface area contributed by atoms with E-state index in [-0.39, 0.29) is 7.12 Å². The van der Waals surface area contributed by atoms with Crippen molar-refractivity contribution >= 4 is 18.5 Å². The summed E-state index contributed by atoms with van der Waals surface area (Å²) in [5.41, 5.74) is 1.62. The van der Waals surface area contributed by atoms with Gasteiger partial charge < -0.3 is 5.11 Å². The molecule has 0 heterocycles. The van der Waals surface area contributed by atoms with Crippen LogP contribution in [0.2, 0.25) is 0 Å². The minimum atomic E-state index is -0.730. The van der Waals surface area contributed by atoms with Gasteiger partial charge in [0.25, 0.3) is 0 Å². The zero-order valence-corrected chi connectivity index (χ0v) is 14.2. The maximum Gasteiger partial charge on any atom is 0.0840 e.